The Morgan fingerprint density at radius 1 is 0.929 bits per heavy atom. The summed E-state index contributed by atoms with van der Waals surface area (Å²) in [4.78, 5) is 6.06. The van der Waals surface area contributed by atoms with Crippen LogP contribution in [0.1, 0.15) is 42.3 Å². The number of benzene rings is 2. The summed E-state index contributed by atoms with van der Waals surface area (Å²) in [6, 6.07) is 10.3. The molecule has 0 N–H and O–H groups in total. The van der Waals surface area contributed by atoms with Crippen molar-refractivity contribution in [3.8, 4) is 11.3 Å². The van der Waals surface area contributed by atoms with Gasteiger partial charge >= 0.3 is 0 Å². The predicted molar refractivity (Wildman–Crippen MR) is 120 cm³/mol. The number of hydrogen-bond donors (Lipinski definition) is 0. The van der Waals surface area contributed by atoms with Gasteiger partial charge in [0.2, 0.25) is 0 Å². The molecule has 0 radical (unpaired) electrons. The van der Waals surface area contributed by atoms with Crippen molar-refractivity contribution >= 4 is 32.2 Å². The van der Waals surface area contributed by atoms with Crippen molar-refractivity contribution in [3.05, 3.63) is 63.9 Å². The number of aromatic nitrogens is 1. The first-order valence-electron chi connectivity index (χ1n) is 9.72. The van der Waals surface area contributed by atoms with E-state index in [-0.39, 0.29) is 11.2 Å². The molecule has 0 unspecified atom stereocenters. The number of thiophene rings is 1. The summed E-state index contributed by atoms with van der Waals surface area (Å²) in [5.41, 5.74) is 4.93. The highest BCUT2D eigenvalue weighted by molar-refractivity contribution is 7.20. The number of nitrogens with zero attached hydrogens (tertiary/aromatic N) is 1. The Labute approximate surface area is 170 Å². The van der Waals surface area contributed by atoms with E-state index in [1.807, 2.05) is 43.5 Å². The van der Waals surface area contributed by atoms with Crippen LogP contribution in [-0.4, -0.2) is 4.98 Å². The quantitative estimate of drug-likeness (QED) is 0.340. The van der Waals surface area contributed by atoms with Gasteiger partial charge in [0.25, 0.3) is 0 Å². The molecule has 0 fully saturated rings. The number of pyridine rings is 1. The summed E-state index contributed by atoms with van der Waals surface area (Å²) < 4.78 is 15.4. The van der Waals surface area contributed by atoms with E-state index in [9.17, 15) is 4.39 Å². The van der Waals surface area contributed by atoms with Crippen LogP contribution < -0.4 is 0 Å². The molecule has 0 aliphatic heterocycles. The summed E-state index contributed by atoms with van der Waals surface area (Å²) in [5.74, 6) is -0.132. The molecular formula is C25H26FNS. The first-order chi connectivity index (χ1) is 13.2. The molecule has 4 aromatic rings. The molecule has 144 valence electrons. The van der Waals surface area contributed by atoms with Crippen LogP contribution in [0.2, 0.25) is 0 Å². The van der Waals surface area contributed by atoms with E-state index in [1.165, 1.54) is 25.9 Å². The first kappa shape index (κ1) is 19.1. The van der Waals surface area contributed by atoms with Crippen LogP contribution in [0.25, 0.3) is 32.1 Å². The van der Waals surface area contributed by atoms with Crippen LogP contribution in [-0.2, 0) is 6.42 Å². The second kappa shape index (κ2) is 6.66. The zero-order valence-electron chi connectivity index (χ0n) is 17.4. The molecule has 2 heterocycles. The van der Waals surface area contributed by atoms with Gasteiger partial charge in [-0.2, -0.15) is 0 Å². The number of aryl methyl sites for hydroxylation is 3. The second-order valence-electron chi connectivity index (χ2n) is 9.00. The van der Waals surface area contributed by atoms with Gasteiger partial charge in [-0.05, 0) is 72.9 Å². The fourth-order valence-electron chi connectivity index (χ4n) is 4.04. The van der Waals surface area contributed by atoms with E-state index in [2.05, 4.69) is 50.9 Å². The van der Waals surface area contributed by atoms with E-state index in [4.69, 9.17) is 0 Å². The Bertz CT molecular complexity index is 1190. The molecule has 0 saturated heterocycles. The third-order valence-electron chi connectivity index (χ3n) is 5.32. The Morgan fingerprint density at radius 3 is 2.21 bits per heavy atom. The highest BCUT2D eigenvalue weighted by Crippen LogP contribution is 2.41. The van der Waals surface area contributed by atoms with Crippen LogP contribution in [0.15, 0.2) is 36.5 Å². The van der Waals surface area contributed by atoms with E-state index in [0.29, 0.717) is 11.1 Å². The lowest BCUT2D eigenvalue weighted by Gasteiger charge is -2.18. The zero-order valence-corrected chi connectivity index (χ0v) is 18.2. The minimum absolute atomic E-state index is 0.132. The molecule has 4 rings (SSSR count). The number of fused-ring (bicyclic) bond motifs is 3. The molecule has 1 nitrogen and oxygen atoms in total. The number of halogens is 1. The second-order valence-corrected chi connectivity index (χ2v) is 10.2. The van der Waals surface area contributed by atoms with E-state index in [1.54, 1.807) is 0 Å². The summed E-state index contributed by atoms with van der Waals surface area (Å²) >= 11 is 1.87. The van der Waals surface area contributed by atoms with E-state index >= 15 is 0 Å². The van der Waals surface area contributed by atoms with Gasteiger partial charge in [-0.1, -0.05) is 32.9 Å². The topological polar surface area (TPSA) is 12.9 Å². The van der Waals surface area contributed by atoms with Crippen LogP contribution in [0, 0.1) is 32.0 Å². The smallest absolute Gasteiger partial charge is 0.129 e. The van der Waals surface area contributed by atoms with Crippen molar-refractivity contribution in [1.82, 2.24) is 4.98 Å². The van der Waals surface area contributed by atoms with Crippen LogP contribution >= 0.6 is 11.3 Å². The summed E-state index contributed by atoms with van der Waals surface area (Å²) in [6.07, 6.45) is 2.95. The fraction of sp³-hybridized carbons (Fsp3) is 0.320. The molecule has 0 aliphatic carbocycles. The van der Waals surface area contributed by atoms with Crippen molar-refractivity contribution in [2.45, 2.75) is 48.0 Å². The number of rotatable bonds is 2. The van der Waals surface area contributed by atoms with Crippen molar-refractivity contribution in [2.75, 3.05) is 0 Å². The predicted octanol–water partition coefficient (Wildman–Crippen LogP) is 7.77. The molecule has 28 heavy (non-hydrogen) atoms. The lowest BCUT2D eigenvalue weighted by Crippen LogP contribution is -2.09. The Morgan fingerprint density at radius 2 is 1.57 bits per heavy atom. The minimum Gasteiger partial charge on any atom is -0.256 e. The van der Waals surface area contributed by atoms with Gasteiger partial charge in [-0.3, -0.25) is 4.98 Å². The van der Waals surface area contributed by atoms with Gasteiger partial charge in [-0.15, -0.1) is 11.3 Å². The summed E-state index contributed by atoms with van der Waals surface area (Å²) in [6.45, 7) is 12.7. The molecule has 2 aromatic heterocycles. The summed E-state index contributed by atoms with van der Waals surface area (Å²) in [7, 11) is 0. The molecule has 0 saturated carbocycles. The molecule has 0 amide bonds. The van der Waals surface area contributed by atoms with Gasteiger partial charge in [0.1, 0.15) is 5.82 Å². The van der Waals surface area contributed by atoms with Gasteiger partial charge < -0.3 is 0 Å². The van der Waals surface area contributed by atoms with Crippen LogP contribution in [0.3, 0.4) is 0 Å². The van der Waals surface area contributed by atoms with Gasteiger partial charge in [0.15, 0.2) is 0 Å². The lowest BCUT2D eigenvalue weighted by atomic mass is 9.87. The molecule has 0 bridgehead atoms. The van der Waals surface area contributed by atoms with Crippen molar-refractivity contribution in [2.24, 2.45) is 5.41 Å². The monoisotopic (exact) mass is 391 g/mol. The van der Waals surface area contributed by atoms with Crippen molar-refractivity contribution in [3.63, 3.8) is 0 Å². The van der Waals surface area contributed by atoms with Gasteiger partial charge in [-0.25, -0.2) is 4.39 Å². The zero-order chi connectivity index (χ0) is 20.2. The first-order valence-corrected chi connectivity index (χ1v) is 10.5. The Hall–Kier alpha value is -2.26. The highest BCUT2D eigenvalue weighted by atomic mass is 32.1. The highest BCUT2D eigenvalue weighted by Gasteiger charge is 2.19. The SMILES string of the molecule is Cc1cc(-c2nccc3c2ccc2c(CC(C)(C)C)c(C)sc23)cc(C)c1F. The average molecular weight is 392 g/mol. The maximum absolute atomic E-state index is 14.1. The third-order valence-corrected chi connectivity index (χ3v) is 6.51. The molecule has 0 spiro atoms. The average Bonchev–Trinajstić information content (AvgIpc) is 2.93. The molecule has 2 aromatic carbocycles. The van der Waals surface area contributed by atoms with Gasteiger partial charge in [0.05, 0.1) is 5.69 Å². The Balaban J connectivity index is 1.98. The molecule has 0 atom stereocenters. The lowest BCUT2D eigenvalue weighted by molar-refractivity contribution is 0.412. The Kier molecular flexibility index (Phi) is 4.54. The minimum atomic E-state index is -0.132. The standard InChI is InChI=1S/C25H26FNS/c1-14-11-17(12-15(2)22(14)26)23-18-7-8-19-21(13-25(4,5)6)16(3)28-24(19)20(18)9-10-27-23/h7-12H,13H2,1-6H3. The van der Waals surface area contributed by atoms with Crippen LogP contribution in [0.4, 0.5) is 4.39 Å². The van der Waals surface area contributed by atoms with Crippen molar-refractivity contribution < 1.29 is 4.39 Å². The fourth-order valence-corrected chi connectivity index (χ4v) is 5.24. The van der Waals surface area contributed by atoms with Gasteiger partial charge in [0, 0.05) is 32.1 Å². The summed E-state index contributed by atoms with van der Waals surface area (Å²) in [5, 5.41) is 3.72. The van der Waals surface area contributed by atoms with Crippen molar-refractivity contribution in [1.29, 1.82) is 0 Å². The third kappa shape index (κ3) is 3.22. The normalized spacial score (nSPS) is 12.2. The molecule has 0 aliphatic rings. The maximum atomic E-state index is 14.1. The number of hydrogen-bond acceptors (Lipinski definition) is 2. The van der Waals surface area contributed by atoms with Crippen LogP contribution in [0.5, 0.6) is 0 Å². The largest absolute Gasteiger partial charge is 0.256 e. The van der Waals surface area contributed by atoms with E-state index < -0.39 is 0 Å². The molecular weight excluding hydrogens is 365 g/mol. The molecule has 3 heteroatoms. The van der Waals surface area contributed by atoms with E-state index in [0.717, 1.165) is 23.1 Å². The maximum Gasteiger partial charge on any atom is 0.129 e.